The Morgan fingerprint density at radius 1 is 1.29 bits per heavy atom. The van der Waals surface area contributed by atoms with Crippen LogP contribution in [0.25, 0.3) is 0 Å². The normalized spacial score (nSPS) is 11.1. The summed E-state index contributed by atoms with van der Waals surface area (Å²) < 4.78 is 7.14. The molecule has 0 saturated carbocycles. The predicted octanol–water partition coefficient (Wildman–Crippen LogP) is 3.75. The van der Waals surface area contributed by atoms with E-state index in [4.69, 9.17) is 10.5 Å². The Kier molecular flexibility index (Phi) is 7.05. The second-order valence-corrected chi connectivity index (χ2v) is 7.74. The number of nitriles is 1. The molecule has 0 saturated heterocycles. The number of alkyl carbamates (subject to hydrolysis) is 1. The van der Waals surface area contributed by atoms with Crippen LogP contribution in [0.2, 0.25) is 0 Å². The molecule has 1 heterocycles. The summed E-state index contributed by atoms with van der Waals surface area (Å²) in [7, 11) is 0. The Balaban J connectivity index is 2.04. The van der Waals surface area contributed by atoms with Crippen LogP contribution in [0.4, 0.5) is 10.6 Å². The first kappa shape index (κ1) is 21.3. The number of carbonyl (C=O) groups is 1. The summed E-state index contributed by atoms with van der Waals surface area (Å²) in [4.78, 5) is 16.1. The van der Waals surface area contributed by atoms with E-state index in [0.29, 0.717) is 18.9 Å². The Bertz CT molecular complexity index is 841. The number of benzene rings is 1. The van der Waals surface area contributed by atoms with Gasteiger partial charge in [-0.15, -0.1) is 0 Å². The molecule has 0 aliphatic heterocycles. The number of nitrogen functional groups attached to an aromatic ring is 1. The number of imidazole rings is 1. The SMILES string of the molecule is CCCCc1nc(C#N)c(N)n1Cc1ccc(CNC(=O)OC(C)(C)C)cc1. The van der Waals surface area contributed by atoms with E-state index in [2.05, 4.69) is 23.3 Å². The van der Waals surface area contributed by atoms with E-state index < -0.39 is 11.7 Å². The van der Waals surface area contributed by atoms with Crippen molar-refractivity contribution in [2.75, 3.05) is 5.73 Å². The Hall–Kier alpha value is -3.01. The van der Waals surface area contributed by atoms with Crippen LogP contribution in [-0.2, 0) is 24.2 Å². The highest BCUT2D eigenvalue weighted by atomic mass is 16.6. The Morgan fingerprint density at radius 3 is 2.50 bits per heavy atom. The predicted molar refractivity (Wildman–Crippen MR) is 109 cm³/mol. The molecule has 3 N–H and O–H groups in total. The molecule has 0 fully saturated rings. The van der Waals surface area contributed by atoms with Crippen LogP contribution in [0.15, 0.2) is 24.3 Å². The number of unbranched alkanes of at least 4 members (excludes halogenated alkanes) is 1. The third-order valence-corrected chi connectivity index (χ3v) is 4.15. The summed E-state index contributed by atoms with van der Waals surface area (Å²) in [5.41, 5.74) is 7.89. The van der Waals surface area contributed by atoms with Crippen LogP contribution in [-0.4, -0.2) is 21.2 Å². The number of nitrogens with one attached hydrogen (secondary N) is 1. The van der Waals surface area contributed by atoms with Crippen LogP contribution in [0.1, 0.15) is 63.2 Å². The summed E-state index contributed by atoms with van der Waals surface area (Å²) in [5.74, 6) is 1.25. The molecule has 2 aromatic rings. The number of amides is 1. The van der Waals surface area contributed by atoms with Crippen molar-refractivity contribution in [2.45, 2.75) is 65.6 Å². The molecule has 0 spiro atoms. The smallest absolute Gasteiger partial charge is 0.407 e. The number of hydrogen-bond donors (Lipinski definition) is 2. The van der Waals surface area contributed by atoms with Crippen LogP contribution in [0, 0.1) is 11.3 Å². The highest BCUT2D eigenvalue weighted by Crippen LogP contribution is 2.18. The topological polar surface area (TPSA) is 106 Å². The quantitative estimate of drug-likeness (QED) is 0.757. The average molecular weight is 383 g/mol. The first-order valence-corrected chi connectivity index (χ1v) is 9.53. The summed E-state index contributed by atoms with van der Waals surface area (Å²) in [6, 6.07) is 9.95. The Labute approximate surface area is 166 Å². The van der Waals surface area contributed by atoms with Crippen molar-refractivity contribution in [3.63, 3.8) is 0 Å². The molecule has 150 valence electrons. The molecule has 0 aliphatic carbocycles. The highest BCUT2D eigenvalue weighted by Gasteiger charge is 2.16. The van der Waals surface area contributed by atoms with Gasteiger partial charge in [0.1, 0.15) is 23.3 Å². The van der Waals surface area contributed by atoms with Gasteiger partial charge in [-0.25, -0.2) is 9.78 Å². The first-order chi connectivity index (χ1) is 13.2. The second-order valence-electron chi connectivity index (χ2n) is 7.74. The minimum Gasteiger partial charge on any atom is -0.444 e. The van der Waals surface area contributed by atoms with Gasteiger partial charge in [-0.3, -0.25) is 0 Å². The van der Waals surface area contributed by atoms with Crippen LogP contribution in [0.5, 0.6) is 0 Å². The van der Waals surface area contributed by atoms with Crippen molar-refractivity contribution in [1.82, 2.24) is 14.9 Å². The number of nitrogens with zero attached hydrogens (tertiary/aromatic N) is 3. The maximum atomic E-state index is 11.7. The standard InChI is InChI=1S/C21H29N5O2/c1-5-6-7-18-25-17(12-22)19(23)26(18)14-16-10-8-15(9-11-16)13-24-20(27)28-21(2,3)4/h8-11H,5-7,13-14,23H2,1-4H3,(H,24,27). The van der Waals surface area contributed by atoms with Gasteiger partial charge in [-0.05, 0) is 38.3 Å². The fourth-order valence-electron chi connectivity index (χ4n) is 2.73. The summed E-state index contributed by atoms with van der Waals surface area (Å²) in [5, 5.41) is 12.0. The lowest BCUT2D eigenvalue weighted by molar-refractivity contribution is 0.0523. The number of ether oxygens (including phenoxy) is 1. The van der Waals surface area contributed by atoms with E-state index in [9.17, 15) is 10.1 Å². The number of aromatic nitrogens is 2. The number of carbonyl (C=O) groups excluding carboxylic acids is 1. The molecule has 28 heavy (non-hydrogen) atoms. The van der Waals surface area contributed by atoms with Gasteiger partial charge in [-0.2, -0.15) is 5.26 Å². The van der Waals surface area contributed by atoms with Gasteiger partial charge in [0.15, 0.2) is 5.69 Å². The van der Waals surface area contributed by atoms with Crippen molar-refractivity contribution in [3.05, 3.63) is 46.9 Å². The zero-order valence-corrected chi connectivity index (χ0v) is 17.1. The van der Waals surface area contributed by atoms with Gasteiger partial charge in [0.25, 0.3) is 0 Å². The van der Waals surface area contributed by atoms with Gasteiger partial charge in [0.2, 0.25) is 0 Å². The largest absolute Gasteiger partial charge is 0.444 e. The number of hydrogen-bond acceptors (Lipinski definition) is 5. The molecule has 1 aromatic carbocycles. The lowest BCUT2D eigenvalue weighted by Crippen LogP contribution is -2.32. The molecule has 2 rings (SSSR count). The number of aryl methyl sites for hydroxylation is 1. The molecule has 0 unspecified atom stereocenters. The third kappa shape index (κ3) is 6.02. The van der Waals surface area contributed by atoms with Crippen LogP contribution in [0.3, 0.4) is 0 Å². The molecule has 7 nitrogen and oxygen atoms in total. The van der Waals surface area contributed by atoms with E-state index in [1.54, 1.807) is 0 Å². The van der Waals surface area contributed by atoms with Gasteiger partial charge in [0, 0.05) is 13.0 Å². The van der Waals surface area contributed by atoms with Crippen molar-refractivity contribution < 1.29 is 9.53 Å². The minimum absolute atomic E-state index is 0.282. The molecule has 0 atom stereocenters. The molecule has 1 amide bonds. The van der Waals surface area contributed by atoms with Gasteiger partial charge < -0.3 is 20.4 Å². The van der Waals surface area contributed by atoms with Crippen molar-refractivity contribution in [3.8, 4) is 6.07 Å². The van der Waals surface area contributed by atoms with Crippen LogP contribution < -0.4 is 11.1 Å². The van der Waals surface area contributed by atoms with Gasteiger partial charge in [0.05, 0.1) is 6.54 Å². The molecular weight excluding hydrogens is 354 g/mol. The van der Waals surface area contributed by atoms with Gasteiger partial charge >= 0.3 is 6.09 Å². The fraction of sp³-hybridized carbons (Fsp3) is 0.476. The van der Waals surface area contributed by atoms with Crippen molar-refractivity contribution in [2.24, 2.45) is 0 Å². The molecular formula is C21H29N5O2. The maximum absolute atomic E-state index is 11.7. The number of rotatable bonds is 7. The van der Waals surface area contributed by atoms with E-state index in [0.717, 1.165) is 36.2 Å². The maximum Gasteiger partial charge on any atom is 0.407 e. The van der Waals surface area contributed by atoms with Gasteiger partial charge in [-0.1, -0.05) is 37.6 Å². The average Bonchev–Trinajstić information content (AvgIpc) is 2.93. The lowest BCUT2D eigenvalue weighted by atomic mass is 10.1. The monoisotopic (exact) mass is 383 g/mol. The van der Waals surface area contributed by atoms with E-state index in [-0.39, 0.29) is 5.69 Å². The zero-order valence-electron chi connectivity index (χ0n) is 17.1. The minimum atomic E-state index is -0.517. The van der Waals surface area contributed by atoms with Crippen LogP contribution >= 0.6 is 0 Å². The molecule has 0 bridgehead atoms. The molecule has 7 heteroatoms. The van der Waals surface area contributed by atoms with E-state index in [1.165, 1.54) is 0 Å². The first-order valence-electron chi connectivity index (χ1n) is 9.53. The lowest BCUT2D eigenvalue weighted by Gasteiger charge is -2.19. The fourth-order valence-corrected chi connectivity index (χ4v) is 2.73. The summed E-state index contributed by atoms with van der Waals surface area (Å²) >= 11 is 0. The zero-order chi connectivity index (χ0) is 20.7. The van der Waals surface area contributed by atoms with E-state index in [1.807, 2.05) is 49.6 Å². The molecule has 1 aromatic heterocycles. The molecule has 0 radical (unpaired) electrons. The Morgan fingerprint density at radius 2 is 1.93 bits per heavy atom. The second kappa shape index (κ2) is 9.27. The van der Waals surface area contributed by atoms with Crippen molar-refractivity contribution in [1.29, 1.82) is 5.26 Å². The highest BCUT2D eigenvalue weighted by molar-refractivity contribution is 5.67. The third-order valence-electron chi connectivity index (χ3n) is 4.15. The molecule has 0 aliphatic rings. The summed E-state index contributed by atoms with van der Waals surface area (Å²) in [6.07, 6.45) is 2.40. The number of nitrogens with two attached hydrogens (primary N) is 1. The van der Waals surface area contributed by atoms with Crippen molar-refractivity contribution >= 4 is 11.9 Å². The summed E-state index contributed by atoms with van der Waals surface area (Å²) in [6.45, 7) is 8.55. The number of anilines is 1. The van der Waals surface area contributed by atoms with E-state index >= 15 is 0 Å².